The lowest BCUT2D eigenvalue weighted by atomic mass is 9.53. The Labute approximate surface area is 139 Å². The number of Topliss-reactive ketones (excluding diaryl/α,β-unsaturated/α-hetero) is 1. The van der Waals surface area contributed by atoms with E-state index in [1.807, 2.05) is 0 Å². The molecule has 4 rings (SSSR count). The smallest absolute Gasteiger partial charge is 0.139 e. The third kappa shape index (κ3) is 1.78. The summed E-state index contributed by atoms with van der Waals surface area (Å²) in [6, 6.07) is 0. The Balaban J connectivity index is 1.91. The maximum absolute atomic E-state index is 12.5. The Morgan fingerprint density at radius 1 is 1.39 bits per heavy atom. The Morgan fingerprint density at radius 2 is 2.22 bits per heavy atom. The molecule has 4 atom stereocenters. The van der Waals surface area contributed by atoms with Gasteiger partial charge in [-0.1, -0.05) is 48.5 Å². The zero-order valence-corrected chi connectivity index (χ0v) is 14.1. The summed E-state index contributed by atoms with van der Waals surface area (Å²) in [6.07, 6.45) is 21.8. The van der Waals surface area contributed by atoms with E-state index in [0.717, 1.165) is 32.1 Å². The zero-order valence-electron chi connectivity index (χ0n) is 14.1. The van der Waals surface area contributed by atoms with Crippen LogP contribution in [0, 0.1) is 35.0 Å². The summed E-state index contributed by atoms with van der Waals surface area (Å²) in [6.45, 7) is 4.40. The average Bonchev–Trinajstić information content (AvgIpc) is 2.84. The number of rotatable bonds is 1. The highest BCUT2D eigenvalue weighted by Crippen LogP contribution is 2.61. The Morgan fingerprint density at radius 3 is 3.00 bits per heavy atom. The molecule has 0 heterocycles. The normalized spacial score (nSPS) is 41.1. The van der Waals surface area contributed by atoms with Gasteiger partial charge in [-0.15, -0.1) is 12.3 Å². The maximum atomic E-state index is 12.5. The van der Waals surface area contributed by atoms with E-state index in [0.29, 0.717) is 17.6 Å². The molecule has 3 unspecified atom stereocenters. The van der Waals surface area contributed by atoms with Crippen LogP contribution in [0.5, 0.6) is 0 Å². The number of carbonyl (C=O) groups excluding carboxylic acids is 1. The van der Waals surface area contributed by atoms with Gasteiger partial charge in [0, 0.05) is 29.6 Å². The first kappa shape index (κ1) is 14.8. The number of hydrogen-bond donors (Lipinski definition) is 0. The van der Waals surface area contributed by atoms with Crippen LogP contribution in [-0.2, 0) is 4.79 Å². The molecular formula is C22H24O. The molecule has 1 heteroatoms. The van der Waals surface area contributed by atoms with Gasteiger partial charge in [-0.05, 0) is 37.7 Å². The summed E-state index contributed by atoms with van der Waals surface area (Å²) in [5.41, 5.74) is 3.93. The van der Waals surface area contributed by atoms with Crippen LogP contribution in [0.4, 0.5) is 0 Å². The van der Waals surface area contributed by atoms with Crippen molar-refractivity contribution in [2.24, 2.45) is 22.7 Å². The minimum absolute atomic E-state index is 0.122. The molecule has 4 aliphatic rings. The molecule has 0 bridgehead atoms. The van der Waals surface area contributed by atoms with E-state index in [1.165, 1.54) is 16.7 Å². The first-order valence-electron chi connectivity index (χ1n) is 8.77. The number of ketones is 1. The van der Waals surface area contributed by atoms with E-state index in [2.05, 4.69) is 50.1 Å². The van der Waals surface area contributed by atoms with Gasteiger partial charge in [0.05, 0.1) is 0 Å². The van der Waals surface area contributed by atoms with Crippen LogP contribution in [-0.4, -0.2) is 5.78 Å². The second-order valence-corrected chi connectivity index (χ2v) is 7.83. The van der Waals surface area contributed by atoms with Crippen molar-refractivity contribution in [1.82, 2.24) is 0 Å². The minimum atomic E-state index is -0.165. The Kier molecular flexibility index (Phi) is 3.11. The molecule has 0 amide bonds. The summed E-state index contributed by atoms with van der Waals surface area (Å²) < 4.78 is 0. The van der Waals surface area contributed by atoms with Gasteiger partial charge in [0.15, 0.2) is 0 Å². The largest absolute Gasteiger partial charge is 0.299 e. The van der Waals surface area contributed by atoms with Crippen molar-refractivity contribution < 1.29 is 4.79 Å². The van der Waals surface area contributed by atoms with E-state index in [9.17, 15) is 4.79 Å². The summed E-state index contributed by atoms with van der Waals surface area (Å²) in [5.74, 6) is 4.20. The van der Waals surface area contributed by atoms with Crippen LogP contribution in [0.1, 0.15) is 46.0 Å². The van der Waals surface area contributed by atoms with Crippen molar-refractivity contribution in [2.45, 2.75) is 46.0 Å². The molecule has 0 aliphatic heterocycles. The molecule has 0 aromatic carbocycles. The first-order chi connectivity index (χ1) is 11.0. The van der Waals surface area contributed by atoms with Crippen molar-refractivity contribution in [1.29, 1.82) is 0 Å². The van der Waals surface area contributed by atoms with E-state index >= 15 is 0 Å². The first-order valence-corrected chi connectivity index (χ1v) is 8.77. The summed E-state index contributed by atoms with van der Waals surface area (Å²) in [5, 5.41) is 0. The maximum Gasteiger partial charge on any atom is 0.139 e. The molecule has 0 aromatic heterocycles. The van der Waals surface area contributed by atoms with Crippen LogP contribution >= 0.6 is 0 Å². The summed E-state index contributed by atoms with van der Waals surface area (Å²) in [7, 11) is 0. The van der Waals surface area contributed by atoms with E-state index in [1.54, 1.807) is 0 Å². The second-order valence-electron chi connectivity index (χ2n) is 7.83. The third-order valence-electron chi connectivity index (χ3n) is 6.77. The average molecular weight is 304 g/mol. The molecule has 0 saturated heterocycles. The summed E-state index contributed by atoms with van der Waals surface area (Å²) in [4.78, 5) is 12.5. The molecule has 1 nitrogen and oxygen atoms in total. The van der Waals surface area contributed by atoms with Crippen molar-refractivity contribution in [3.8, 4) is 12.3 Å². The van der Waals surface area contributed by atoms with Crippen LogP contribution in [0.15, 0.2) is 47.1 Å². The van der Waals surface area contributed by atoms with Crippen molar-refractivity contribution in [3.05, 3.63) is 47.1 Å². The van der Waals surface area contributed by atoms with Crippen molar-refractivity contribution in [2.75, 3.05) is 0 Å². The third-order valence-corrected chi connectivity index (χ3v) is 6.77. The van der Waals surface area contributed by atoms with E-state index in [4.69, 9.17) is 6.42 Å². The molecule has 4 aliphatic carbocycles. The molecule has 0 spiro atoms. The van der Waals surface area contributed by atoms with Gasteiger partial charge in [-0.25, -0.2) is 0 Å². The van der Waals surface area contributed by atoms with E-state index < -0.39 is 0 Å². The number of terminal acetylenes is 1. The molecule has 1 saturated carbocycles. The highest BCUT2D eigenvalue weighted by Gasteiger charge is 2.55. The fraction of sp³-hybridized carbons (Fsp3) is 0.500. The molecule has 0 radical (unpaired) electrons. The van der Waals surface area contributed by atoms with Gasteiger partial charge in [0.25, 0.3) is 0 Å². The molecule has 23 heavy (non-hydrogen) atoms. The fourth-order valence-electron chi connectivity index (χ4n) is 5.57. The number of fused-ring (bicyclic) bond motifs is 5. The number of carbonyl (C=O) groups is 1. The highest BCUT2D eigenvalue weighted by molar-refractivity contribution is 5.87. The predicted octanol–water partition coefficient (Wildman–Crippen LogP) is 4.77. The Hall–Kier alpha value is -1.81. The lowest BCUT2D eigenvalue weighted by Gasteiger charge is -2.50. The summed E-state index contributed by atoms with van der Waals surface area (Å²) >= 11 is 0. The quantitative estimate of drug-likeness (QED) is 0.503. The minimum Gasteiger partial charge on any atom is -0.299 e. The molecule has 0 N–H and O–H groups in total. The highest BCUT2D eigenvalue weighted by atomic mass is 16.1. The van der Waals surface area contributed by atoms with Crippen molar-refractivity contribution >= 4 is 5.78 Å². The molecule has 118 valence electrons. The monoisotopic (exact) mass is 304 g/mol. The van der Waals surface area contributed by atoms with Gasteiger partial charge >= 0.3 is 0 Å². The van der Waals surface area contributed by atoms with Gasteiger partial charge in [-0.3, -0.25) is 4.79 Å². The number of hydrogen-bond acceptors (Lipinski definition) is 1. The standard InChI is InChI=1S/C22H24O/c1-4-11-22-12-6-5-7-17(22)15(2)14-16-18-8-9-20(23)21(18,3)13-10-19(16)22/h1,6-7,10,12,14,16,18H,5,8-9,11,13H2,2-3H3/t16?,18?,21?,22-/m0/s1. The van der Waals surface area contributed by atoms with Crippen molar-refractivity contribution in [3.63, 3.8) is 0 Å². The SMILES string of the molecule is C#CC[C@]12C=CCC=C1C(C)=CC1C2=CCC2(C)C(=O)CCC12. The molecular weight excluding hydrogens is 280 g/mol. The van der Waals surface area contributed by atoms with Crippen LogP contribution < -0.4 is 0 Å². The second kappa shape index (κ2) is 4.84. The van der Waals surface area contributed by atoms with Gasteiger partial charge in [-0.2, -0.15) is 0 Å². The van der Waals surface area contributed by atoms with Gasteiger partial charge in [0.1, 0.15) is 5.78 Å². The van der Waals surface area contributed by atoms with Crippen LogP contribution in [0.2, 0.25) is 0 Å². The number of allylic oxidation sites excluding steroid dienone is 8. The van der Waals surface area contributed by atoms with E-state index in [-0.39, 0.29) is 10.8 Å². The zero-order chi connectivity index (χ0) is 16.2. The fourth-order valence-corrected chi connectivity index (χ4v) is 5.57. The topological polar surface area (TPSA) is 17.1 Å². The van der Waals surface area contributed by atoms with Crippen LogP contribution in [0.25, 0.3) is 0 Å². The predicted molar refractivity (Wildman–Crippen MR) is 93.5 cm³/mol. The lowest BCUT2D eigenvalue weighted by molar-refractivity contribution is -0.126. The van der Waals surface area contributed by atoms with Gasteiger partial charge < -0.3 is 0 Å². The van der Waals surface area contributed by atoms with Gasteiger partial charge in [0.2, 0.25) is 0 Å². The molecule has 0 aromatic rings. The van der Waals surface area contributed by atoms with Crippen LogP contribution in [0.3, 0.4) is 0 Å². The molecule has 1 fully saturated rings. The lowest BCUT2D eigenvalue weighted by Crippen LogP contribution is -2.43. The Bertz CT molecular complexity index is 738.